The molecular formula is C20H25ClN2O. The van der Waals surface area contributed by atoms with E-state index >= 15 is 0 Å². The third kappa shape index (κ3) is 3.33. The number of likely N-dealkylation sites (N-methyl/N-ethyl adjacent to an activating group) is 1. The average Bonchev–Trinajstić information content (AvgIpc) is 3.36. The van der Waals surface area contributed by atoms with Gasteiger partial charge >= 0.3 is 0 Å². The SMILES string of the molecule is CCN(Cc1ccccc1)C(=O)[C@]1(c2ccccc2)C[C@@H]1C[NH3+].[Cl-]. The summed E-state index contributed by atoms with van der Waals surface area (Å²) in [5.41, 5.74) is 6.02. The van der Waals surface area contributed by atoms with Crippen molar-refractivity contribution in [2.75, 3.05) is 13.1 Å². The van der Waals surface area contributed by atoms with Crippen molar-refractivity contribution in [3.05, 3.63) is 71.8 Å². The summed E-state index contributed by atoms with van der Waals surface area (Å²) >= 11 is 0. The van der Waals surface area contributed by atoms with Gasteiger partial charge in [0.2, 0.25) is 5.91 Å². The second-order valence-corrected chi connectivity index (χ2v) is 6.33. The maximum absolute atomic E-state index is 13.3. The van der Waals surface area contributed by atoms with Gasteiger partial charge in [-0.15, -0.1) is 0 Å². The summed E-state index contributed by atoms with van der Waals surface area (Å²) in [6.45, 7) is 4.27. The molecule has 3 nitrogen and oxygen atoms in total. The fourth-order valence-electron chi connectivity index (χ4n) is 3.57. The lowest BCUT2D eigenvalue weighted by molar-refractivity contribution is -0.373. The molecule has 0 unspecified atom stereocenters. The Morgan fingerprint density at radius 1 is 1.12 bits per heavy atom. The van der Waals surface area contributed by atoms with E-state index in [1.807, 2.05) is 41.3 Å². The van der Waals surface area contributed by atoms with Crippen LogP contribution in [-0.4, -0.2) is 23.9 Å². The van der Waals surface area contributed by atoms with E-state index < -0.39 is 0 Å². The summed E-state index contributed by atoms with van der Waals surface area (Å²) < 4.78 is 0. The van der Waals surface area contributed by atoms with Crippen molar-refractivity contribution >= 4 is 5.91 Å². The van der Waals surface area contributed by atoms with Gasteiger partial charge in [-0.25, -0.2) is 0 Å². The van der Waals surface area contributed by atoms with E-state index in [1.54, 1.807) is 0 Å². The van der Waals surface area contributed by atoms with Gasteiger partial charge in [0.15, 0.2) is 0 Å². The minimum atomic E-state index is -0.353. The molecule has 0 spiro atoms. The molecule has 1 aliphatic rings. The Labute approximate surface area is 150 Å². The molecule has 2 aromatic rings. The highest BCUT2D eigenvalue weighted by atomic mass is 35.5. The van der Waals surface area contributed by atoms with Crippen LogP contribution in [0.2, 0.25) is 0 Å². The molecule has 0 aromatic heterocycles. The zero-order chi connectivity index (χ0) is 16.3. The van der Waals surface area contributed by atoms with E-state index in [1.165, 1.54) is 5.56 Å². The monoisotopic (exact) mass is 344 g/mol. The first kappa shape index (κ1) is 18.5. The highest BCUT2D eigenvalue weighted by molar-refractivity contribution is 5.92. The molecule has 2 atom stereocenters. The van der Waals surface area contributed by atoms with Crippen LogP contribution in [0.1, 0.15) is 24.5 Å². The van der Waals surface area contributed by atoms with Gasteiger partial charge in [-0.3, -0.25) is 4.79 Å². The molecular weight excluding hydrogens is 320 g/mol. The predicted molar refractivity (Wildman–Crippen MR) is 91.5 cm³/mol. The van der Waals surface area contributed by atoms with E-state index in [2.05, 4.69) is 36.9 Å². The van der Waals surface area contributed by atoms with Gasteiger partial charge in [0.05, 0.1) is 12.0 Å². The maximum atomic E-state index is 13.3. The molecule has 128 valence electrons. The Morgan fingerprint density at radius 3 is 2.21 bits per heavy atom. The summed E-state index contributed by atoms with van der Waals surface area (Å²) in [6.07, 6.45) is 0.921. The topological polar surface area (TPSA) is 48.0 Å². The number of carbonyl (C=O) groups is 1. The first-order valence-electron chi connectivity index (χ1n) is 8.40. The van der Waals surface area contributed by atoms with Gasteiger partial charge in [0.1, 0.15) is 0 Å². The second kappa shape index (κ2) is 7.82. The van der Waals surface area contributed by atoms with Crippen LogP contribution in [0.25, 0.3) is 0 Å². The summed E-state index contributed by atoms with van der Waals surface area (Å²) in [4.78, 5) is 15.3. The van der Waals surface area contributed by atoms with Crippen molar-refractivity contribution < 1.29 is 22.9 Å². The first-order chi connectivity index (χ1) is 11.2. The number of nitrogens with zero attached hydrogens (tertiary/aromatic N) is 1. The van der Waals surface area contributed by atoms with Gasteiger partial charge < -0.3 is 23.0 Å². The van der Waals surface area contributed by atoms with Crippen LogP contribution in [0.4, 0.5) is 0 Å². The molecule has 2 aromatic carbocycles. The van der Waals surface area contributed by atoms with E-state index in [4.69, 9.17) is 0 Å². The molecule has 1 saturated carbocycles. The molecule has 0 saturated heterocycles. The van der Waals surface area contributed by atoms with Crippen molar-refractivity contribution in [3.63, 3.8) is 0 Å². The third-order valence-electron chi connectivity index (χ3n) is 5.01. The predicted octanol–water partition coefficient (Wildman–Crippen LogP) is -0.761. The molecule has 24 heavy (non-hydrogen) atoms. The number of hydrogen-bond donors (Lipinski definition) is 1. The Hall–Kier alpha value is -1.84. The Balaban J connectivity index is 0.00000208. The summed E-state index contributed by atoms with van der Waals surface area (Å²) in [5.74, 6) is 0.617. The average molecular weight is 345 g/mol. The van der Waals surface area contributed by atoms with Gasteiger partial charge in [-0.2, -0.15) is 0 Å². The number of rotatable bonds is 6. The Morgan fingerprint density at radius 2 is 1.71 bits per heavy atom. The molecule has 4 heteroatoms. The molecule has 0 radical (unpaired) electrons. The molecule has 1 amide bonds. The fraction of sp³-hybridized carbons (Fsp3) is 0.350. The quantitative estimate of drug-likeness (QED) is 0.735. The normalized spacial score (nSPS) is 21.7. The summed E-state index contributed by atoms with van der Waals surface area (Å²) in [5, 5.41) is 0. The highest BCUT2D eigenvalue weighted by Crippen LogP contribution is 2.54. The van der Waals surface area contributed by atoms with Gasteiger partial charge in [0.25, 0.3) is 0 Å². The lowest BCUT2D eigenvalue weighted by atomic mass is 9.91. The van der Waals surface area contributed by atoms with Gasteiger partial charge in [0, 0.05) is 19.0 Å². The molecule has 1 aliphatic carbocycles. The molecule has 0 aliphatic heterocycles. The van der Waals surface area contributed by atoms with Crippen molar-refractivity contribution in [1.29, 1.82) is 0 Å². The van der Waals surface area contributed by atoms with Crippen LogP contribution in [0.15, 0.2) is 60.7 Å². The number of halogens is 1. The summed E-state index contributed by atoms with van der Waals surface area (Å²) in [6, 6.07) is 20.4. The molecule has 0 bridgehead atoms. The maximum Gasteiger partial charge on any atom is 0.234 e. The molecule has 0 heterocycles. The Bertz CT molecular complexity index is 662. The number of carbonyl (C=O) groups excluding carboxylic acids is 1. The minimum absolute atomic E-state index is 0. The lowest BCUT2D eigenvalue weighted by Crippen LogP contribution is -3.00. The summed E-state index contributed by atoms with van der Waals surface area (Å²) in [7, 11) is 0. The van der Waals surface area contributed by atoms with Crippen LogP contribution in [0.5, 0.6) is 0 Å². The molecule has 3 N–H and O–H groups in total. The van der Waals surface area contributed by atoms with E-state index in [0.29, 0.717) is 12.5 Å². The van der Waals surface area contributed by atoms with Crippen LogP contribution in [0.3, 0.4) is 0 Å². The van der Waals surface area contributed by atoms with Crippen LogP contribution in [-0.2, 0) is 16.8 Å². The van der Waals surface area contributed by atoms with Crippen molar-refractivity contribution in [2.24, 2.45) is 5.92 Å². The van der Waals surface area contributed by atoms with E-state index in [0.717, 1.165) is 25.1 Å². The van der Waals surface area contributed by atoms with Crippen LogP contribution >= 0.6 is 0 Å². The zero-order valence-electron chi connectivity index (χ0n) is 14.1. The number of amides is 1. The smallest absolute Gasteiger partial charge is 0.234 e. The number of benzene rings is 2. The van der Waals surface area contributed by atoms with Gasteiger partial charge in [-0.1, -0.05) is 60.7 Å². The third-order valence-corrected chi connectivity index (χ3v) is 5.01. The van der Waals surface area contributed by atoms with Crippen LogP contribution in [0, 0.1) is 5.92 Å². The largest absolute Gasteiger partial charge is 1.00 e. The second-order valence-electron chi connectivity index (χ2n) is 6.33. The van der Waals surface area contributed by atoms with Crippen molar-refractivity contribution in [3.8, 4) is 0 Å². The Kier molecular flexibility index (Phi) is 6.03. The van der Waals surface area contributed by atoms with Crippen LogP contribution < -0.4 is 18.1 Å². The van der Waals surface area contributed by atoms with Gasteiger partial charge in [-0.05, 0) is 24.5 Å². The number of hydrogen-bond acceptors (Lipinski definition) is 1. The fourth-order valence-corrected chi connectivity index (χ4v) is 3.57. The first-order valence-corrected chi connectivity index (χ1v) is 8.40. The van der Waals surface area contributed by atoms with Crippen molar-refractivity contribution in [2.45, 2.75) is 25.3 Å². The standard InChI is InChI=1S/C20H24N2O.ClH/c1-2-22(15-16-9-5-3-6-10-16)19(23)20(13-18(20)14-21)17-11-7-4-8-12-17;/h3-12,18H,2,13-15,21H2,1H3;1H/t18-,20+;/m1./s1. The lowest BCUT2D eigenvalue weighted by Gasteiger charge is -2.27. The molecule has 1 fully saturated rings. The highest BCUT2D eigenvalue weighted by Gasteiger charge is 2.62. The van der Waals surface area contributed by atoms with Crippen molar-refractivity contribution in [1.82, 2.24) is 4.90 Å². The molecule has 3 rings (SSSR count). The van der Waals surface area contributed by atoms with E-state index in [-0.39, 0.29) is 23.7 Å². The zero-order valence-corrected chi connectivity index (χ0v) is 14.9. The number of quaternary nitrogens is 1. The minimum Gasteiger partial charge on any atom is -1.00 e. The van der Waals surface area contributed by atoms with E-state index in [9.17, 15) is 4.79 Å².